The zero-order valence-electron chi connectivity index (χ0n) is 12.9. The maximum Gasteiger partial charge on any atom is 0.0589 e. The Labute approximate surface area is 131 Å². The Hall–Kier alpha value is -0.970. The molecule has 1 aromatic carbocycles. The van der Waals surface area contributed by atoms with Gasteiger partial charge in [0.2, 0.25) is 0 Å². The Balaban J connectivity index is 1.77. The molecule has 1 aromatic heterocycles. The summed E-state index contributed by atoms with van der Waals surface area (Å²) in [5, 5.41) is 1.39. The van der Waals surface area contributed by atoms with Gasteiger partial charge in [0.1, 0.15) is 0 Å². The molecule has 1 fully saturated rings. The molecule has 4 heteroatoms. The summed E-state index contributed by atoms with van der Waals surface area (Å²) >= 11 is 1.81. The van der Waals surface area contributed by atoms with E-state index >= 15 is 0 Å². The summed E-state index contributed by atoms with van der Waals surface area (Å²) in [5.41, 5.74) is 2.71. The fraction of sp³-hybridized carbons (Fsp3) is 0.529. The number of fused-ring (bicyclic) bond motifs is 1. The van der Waals surface area contributed by atoms with Crippen molar-refractivity contribution in [2.45, 2.75) is 30.2 Å². The lowest BCUT2D eigenvalue weighted by molar-refractivity contribution is 0.141. The first kappa shape index (κ1) is 14.9. The van der Waals surface area contributed by atoms with Crippen LogP contribution in [0, 0.1) is 0 Å². The number of benzene rings is 1. The second-order valence-electron chi connectivity index (χ2n) is 5.75. The number of hydrogen-bond acceptors (Lipinski definition) is 3. The smallest absolute Gasteiger partial charge is 0.0589 e. The standard InChI is InChI=1S/C17H24N2OS/c1-20-9-8-19-7-3-4-14(19)10-13-12-18-17-6-5-15(21-2)11-16(13)17/h5-6,11-12,14,18H,3-4,7-10H2,1-2H3/t14-/m1/s1. The van der Waals surface area contributed by atoms with Crippen molar-refractivity contribution in [3.8, 4) is 0 Å². The molecule has 1 saturated heterocycles. The first-order chi connectivity index (χ1) is 10.3. The number of likely N-dealkylation sites (tertiary alicyclic amines) is 1. The third-order valence-corrected chi connectivity index (χ3v) is 5.24. The maximum atomic E-state index is 5.24. The molecule has 0 bridgehead atoms. The van der Waals surface area contributed by atoms with Crippen LogP contribution in [0.2, 0.25) is 0 Å². The number of rotatable bonds is 6. The number of thioether (sulfide) groups is 1. The highest BCUT2D eigenvalue weighted by atomic mass is 32.2. The lowest BCUT2D eigenvalue weighted by Gasteiger charge is -2.23. The highest BCUT2D eigenvalue weighted by molar-refractivity contribution is 7.98. The van der Waals surface area contributed by atoms with Crippen LogP contribution in [0.15, 0.2) is 29.3 Å². The van der Waals surface area contributed by atoms with Gasteiger partial charge >= 0.3 is 0 Å². The van der Waals surface area contributed by atoms with Gasteiger partial charge < -0.3 is 9.72 Å². The van der Waals surface area contributed by atoms with Gasteiger partial charge in [-0.05, 0) is 55.8 Å². The lowest BCUT2D eigenvalue weighted by Crippen LogP contribution is -2.33. The SMILES string of the molecule is COCCN1CCC[C@@H]1Cc1c[nH]c2ccc(SC)cc12. The Morgan fingerprint density at radius 1 is 1.43 bits per heavy atom. The van der Waals surface area contributed by atoms with E-state index in [1.54, 1.807) is 7.11 Å². The van der Waals surface area contributed by atoms with Crippen molar-refractivity contribution in [3.63, 3.8) is 0 Å². The zero-order chi connectivity index (χ0) is 14.7. The van der Waals surface area contributed by atoms with Crippen LogP contribution < -0.4 is 0 Å². The van der Waals surface area contributed by atoms with Crippen LogP contribution in [0.5, 0.6) is 0 Å². The van der Waals surface area contributed by atoms with Crippen LogP contribution >= 0.6 is 11.8 Å². The topological polar surface area (TPSA) is 28.3 Å². The average molecular weight is 304 g/mol. The van der Waals surface area contributed by atoms with Gasteiger partial charge in [-0.3, -0.25) is 4.90 Å². The molecular formula is C17H24N2OS. The summed E-state index contributed by atoms with van der Waals surface area (Å²) in [6.07, 6.45) is 8.09. The summed E-state index contributed by atoms with van der Waals surface area (Å²) in [5.74, 6) is 0. The van der Waals surface area contributed by atoms with Gasteiger partial charge in [-0.25, -0.2) is 0 Å². The minimum atomic E-state index is 0.664. The normalized spacial score (nSPS) is 19.6. The van der Waals surface area contributed by atoms with Gasteiger partial charge in [0.25, 0.3) is 0 Å². The van der Waals surface area contributed by atoms with E-state index < -0.39 is 0 Å². The molecule has 1 aliphatic heterocycles. The molecule has 0 saturated carbocycles. The average Bonchev–Trinajstić information content (AvgIpc) is 3.12. The van der Waals surface area contributed by atoms with Crippen molar-refractivity contribution in [2.24, 2.45) is 0 Å². The molecule has 0 spiro atoms. The largest absolute Gasteiger partial charge is 0.383 e. The minimum absolute atomic E-state index is 0.664. The molecular weight excluding hydrogens is 280 g/mol. The molecule has 0 aliphatic carbocycles. The fourth-order valence-electron chi connectivity index (χ4n) is 3.34. The van der Waals surface area contributed by atoms with Crippen molar-refractivity contribution in [2.75, 3.05) is 33.1 Å². The van der Waals surface area contributed by atoms with Crippen molar-refractivity contribution < 1.29 is 4.74 Å². The molecule has 2 aromatic rings. The number of ether oxygens (including phenoxy) is 1. The molecule has 1 aliphatic rings. The highest BCUT2D eigenvalue weighted by Gasteiger charge is 2.25. The van der Waals surface area contributed by atoms with E-state index in [2.05, 4.69) is 40.5 Å². The van der Waals surface area contributed by atoms with Crippen LogP contribution in [0.3, 0.4) is 0 Å². The van der Waals surface area contributed by atoms with Crippen molar-refractivity contribution in [1.29, 1.82) is 0 Å². The molecule has 0 amide bonds. The summed E-state index contributed by atoms with van der Waals surface area (Å²) in [6.45, 7) is 3.10. The van der Waals surface area contributed by atoms with E-state index in [9.17, 15) is 0 Å². The molecule has 0 unspecified atom stereocenters. The van der Waals surface area contributed by atoms with Gasteiger partial charge in [0.05, 0.1) is 6.61 Å². The van der Waals surface area contributed by atoms with Gasteiger partial charge in [-0.2, -0.15) is 0 Å². The van der Waals surface area contributed by atoms with Gasteiger partial charge in [-0.15, -0.1) is 11.8 Å². The predicted molar refractivity (Wildman–Crippen MR) is 90.3 cm³/mol. The third kappa shape index (κ3) is 3.28. The predicted octanol–water partition coefficient (Wildman–Crippen LogP) is 3.54. The summed E-state index contributed by atoms with van der Waals surface area (Å²) < 4.78 is 5.24. The highest BCUT2D eigenvalue weighted by Crippen LogP contribution is 2.28. The number of methoxy groups -OCH3 is 1. The molecule has 2 heterocycles. The summed E-state index contributed by atoms with van der Waals surface area (Å²) in [7, 11) is 1.79. The number of aromatic amines is 1. The first-order valence-corrected chi connectivity index (χ1v) is 8.91. The van der Waals surface area contributed by atoms with Crippen LogP contribution in [-0.2, 0) is 11.2 Å². The van der Waals surface area contributed by atoms with Crippen LogP contribution in [0.25, 0.3) is 10.9 Å². The van der Waals surface area contributed by atoms with Gasteiger partial charge in [0, 0.05) is 41.7 Å². The van der Waals surface area contributed by atoms with E-state index in [4.69, 9.17) is 4.74 Å². The van der Waals surface area contributed by atoms with E-state index in [-0.39, 0.29) is 0 Å². The first-order valence-electron chi connectivity index (χ1n) is 7.69. The van der Waals surface area contributed by atoms with Crippen molar-refractivity contribution >= 4 is 22.7 Å². The monoisotopic (exact) mass is 304 g/mol. The molecule has 0 radical (unpaired) electrons. The zero-order valence-corrected chi connectivity index (χ0v) is 13.7. The Morgan fingerprint density at radius 2 is 2.33 bits per heavy atom. The number of aromatic nitrogens is 1. The van der Waals surface area contributed by atoms with Crippen LogP contribution in [0.4, 0.5) is 0 Å². The Kier molecular flexibility index (Phi) is 4.88. The van der Waals surface area contributed by atoms with Crippen LogP contribution in [0.1, 0.15) is 18.4 Å². The summed E-state index contributed by atoms with van der Waals surface area (Å²) in [4.78, 5) is 7.34. The number of hydrogen-bond donors (Lipinski definition) is 1. The fourth-order valence-corrected chi connectivity index (χ4v) is 3.78. The second-order valence-corrected chi connectivity index (χ2v) is 6.63. The number of nitrogens with one attached hydrogen (secondary N) is 1. The van der Waals surface area contributed by atoms with E-state index in [0.717, 1.165) is 19.6 Å². The molecule has 3 rings (SSSR count). The van der Waals surface area contributed by atoms with Crippen LogP contribution in [-0.4, -0.2) is 49.0 Å². The van der Waals surface area contributed by atoms with E-state index in [1.165, 1.54) is 40.7 Å². The molecule has 1 atom stereocenters. The lowest BCUT2D eigenvalue weighted by atomic mass is 10.0. The van der Waals surface area contributed by atoms with E-state index in [1.807, 2.05) is 11.8 Å². The Bertz CT molecular complexity index is 595. The van der Waals surface area contributed by atoms with Crippen molar-refractivity contribution in [1.82, 2.24) is 9.88 Å². The number of H-pyrrole nitrogens is 1. The minimum Gasteiger partial charge on any atom is -0.383 e. The summed E-state index contributed by atoms with van der Waals surface area (Å²) in [6, 6.07) is 7.37. The maximum absolute atomic E-state index is 5.24. The molecule has 1 N–H and O–H groups in total. The van der Waals surface area contributed by atoms with Crippen molar-refractivity contribution in [3.05, 3.63) is 30.0 Å². The quantitative estimate of drug-likeness (QED) is 0.827. The van der Waals surface area contributed by atoms with Gasteiger partial charge in [0.15, 0.2) is 0 Å². The third-order valence-electron chi connectivity index (χ3n) is 4.51. The number of nitrogens with zero attached hydrogens (tertiary/aromatic N) is 1. The van der Waals surface area contributed by atoms with Gasteiger partial charge in [-0.1, -0.05) is 0 Å². The second kappa shape index (κ2) is 6.86. The molecule has 114 valence electrons. The van der Waals surface area contributed by atoms with E-state index in [0.29, 0.717) is 6.04 Å². The molecule has 21 heavy (non-hydrogen) atoms. The Morgan fingerprint density at radius 3 is 3.14 bits per heavy atom. The molecule has 3 nitrogen and oxygen atoms in total.